The topological polar surface area (TPSA) is 50.4 Å². The van der Waals surface area contributed by atoms with E-state index in [2.05, 4.69) is 10.6 Å². The van der Waals surface area contributed by atoms with E-state index in [0.29, 0.717) is 18.5 Å². The van der Waals surface area contributed by atoms with Crippen molar-refractivity contribution in [2.75, 3.05) is 18.5 Å². The van der Waals surface area contributed by atoms with Crippen LogP contribution in [0.15, 0.2) is 30.3 Å². The SMILES string of the molecule is Cc1ccc(OCCC(=O)Nc2ccc3c(c2F)CCNC3)c(C)c1.Cl. The maximum absolute atomic E-state index is 14.5. The first-order valence-electron chi connectivity index (χ1n) is 8.55. The van der Waals surface area contributed by atoms with Crippen LogP contribution in [-0.4, -0.2) is 19.1 Å². The van der Waals surface area contributed by atoms with E-state index in [0.717, 1.165) is 23.4 Å². The van der Waals surface area contributed by atoms with Crippen molar-refractivity contribution in [3.05, 3.63) is 58.4 Å². The second-order valence-electron chi connectivity index (χ2n) is 6.41. The molecule has 6 heteroatoms. The number of hydrogen-bond acceptors (Lipinski definition) is 3. The van der Waals surface area contributed by atoms with Gasteiger partial charge in [0.15, 0.2) is 0 Å². The van der Waals surface area contributed by atoms with Gasteiger partial charge in [0.1, 0.15) is 11.6 Å². The summed E-state index contributed by atoms with van der Waals surface area (Å²) in [5.74, 6) is 0.200. The summed E-state index contributed by atoms with van der Waals surface area (Å²) in [6.45, 7) is 5.68. The molecule has 26 heavy (non-hydrogen) atoms. The van der Waals surface area contributed by atoms with E-state index in [1.54, 1.807) is 6.07 Å². The number of carbonyl (C=O) groups is 1. The van der Waals surface area contributed by atoms with Crippen LogP contribution in [0.3, 0.4) is 0 Å². The highest BCUT2D eigenvalue weighted by Gasteiger charge is 2.17. The number of benzene rings is 2. The van der Waals surface area contributed by atoms with Crippen LogP contribution in [0.25, 0.3) is 0 Å². The van der Waals surface area contributed by atoms with E-state index < -0.39 is 0 Å². The lowest BCUT2D eigenvalue weighted by Gasteiger charge is -2.19. The minimum absolute atomic E-state index is 0. The van der Waals surface area contributed by atoms with E-state index in [1.807, 2.05) is 38.1 Å². The highest BCUT2D eigenvalue weighted by molar-refractivity contribution is 5.91. The molecule has 140 valence electrons. The molecule has 0 atom stereocenters. The lowest BCUT2D eigenvalue weighted by Crippen LogP contribution is -2.25. The van der Waals surface area contributed by atoms with Crippen molar-refractivity contribution in [1.82, 2.24) is 5.32 Å². The number of aryl methyl sites for hydroxylation is 2. The Hall–Kier alpha value is -2.11. The molecule has 0 spiro atoms. The third-order valence-corrected chi connectivity index (χ3v) is 4.40. The van der Waals surface area contributed by atoms with Crippen molar-refractivity contribution in [3.63, 3.8) is 0 Å². The minimum atomic E-state index is -0.317. The molecule has 0 aromatic heterocycles. The maximum atomic E-state index is 14.5. The molecule has 1 aliphatic rings. The second-order valence-corrected chi connectivity index (χ2v) is 6.41. The molecule has 0 radical (unpaired) electrons. The number of fused-ring (bicyclic) bond motifs is 1. The summed E-state index contributed by atoms with van der Waals surface area (Å²) in [6, 6.07) is 9.41. The normalized spacial score (nSPS) is 12.7. The predicted octanol–water partition coefficient (Wildman–Crippen LogP) is 3.92. The summed E-state index contributed by atoms with van der Waals surface area (Å²) in [4.78, 5) is 12.1. The first kappa shape index (κ1) is 20.2. The predicted molar refractivity (Wildman–Crippen MR) is 104 cm³/mol. The summed E-state index contributed by atoms with van der Waals surface area (Å²) in [6.07, 6.45) is 0.812. The van der Waals surface area contributed by atoms with Crippen LogP contribution in [0.1, 0.15) is 28.7 Å². The summed E-state index contributed by atoms with van der Waals surface area (Å²) < 4.78 is 20.2. The zero-order valence-corrected chi connectivity index (χ0v) is 15.8. The van der Waals surface area contributed by atoms with E-state index >= 15 is 0 Å². The van der Waals surface area contributed by atoms with Gasteiger partial charge >= 0.3 is 0 Å². The Kier molecular flexibility index (Phi) is 7.00. The van der Waals surface area contributed by atoms with Gasteiger partial charge in [0.25, 0.3) is 0 Å². The van der Waals surface area contributed by atoms with Crippen LogP contribution >= 0.6 is 12.4 Å². The van der Waals surface area contributed by atoms with Crippen molar-refractivity contribution in [3.8, 4) is 5.75 Å². The number of anilines is 1. The molecule has 3 rings (SSSR count). The van der Waals surface area contributed by atoms with Gasteiger partial charge in [-0.25, -0.2) is 4.39 Å². The number of amides is 1. The van der Waals surface area contributed by atoms with Crippen LogP contribution in [0.5, 0.6) is 5.75 Å². The molecule has 0 aliphatic carbocycles. The molecule has 0 fully saturated rings. The average molecular weight is 379 g/mol. The third kappa shape index (κ3) is 4.74. The van der Waals surface area contributed by atoms with Crippen LogP contribution in [0.2, 0.25) is 0 Å². The maximum Gasteiger partial charge on any atom is 0.227 e. The molecule has 2 aromatic carbocycles. The Morgan fingerprint density at radius 1 is 1.27 bits per heavy atom. The minimum Gasteiger partial charge on any atom is -0.493 e. The van der Waals surface area contributed by atoms with Gasteiger partial charge in [-0.2, -0.15) is 0 Å². The van der Waals surface area contributed by atoms with Crippen LogP contribution < -0.4 is 15.4 Å². The summed E-state index contributed by atoms with van der Waals surface area (Å²) in [5.41, 5.74) is 4.11. The monoisotopic (exact) mass is 378 g/mol. The molecule has 0 bridgehead atoms. The zero-order valence-electron chi connectivity index (χ0n) is 15.0. The Bertz CT molecular complexity index is 796. The van der Waals surface area contributed by atoms with Gasteiger partial charge < -0.3 is 15.4 Å². The summed E-state index contributed by atoms with van der Waals surface area (Å²) in [7, 11) is 0. The number of nitrogens with one attached hydrogen (secondary N) is 2. The van der Waals surface area contributed by atoms with Crippen molar-refractivity contribution in [2.24, 2.45) is 0 Å². The van der Waals surface area contributed by atoms with Gasteiger partial charge in [-0.3, -0.25) is 4.79 Å². The molecular formula is C20H24ClFN2O2. The van der Waals surface area contributed by atoms with Gasteiger partial charge in [-0.15, -0.1) is 12.4 Å². The van der Waals surface area contributed by atoms with Gasteiger partial charge in [0.2, 0.25) is 5.91 Å². The fraction of sp³-hybridized carbons (Fsp3) is 0.350. The fourth-order valence-corrected chi connectivity index (χ4v) is 3.06. The Morgan fingerprint density at radius 3 is 2.85 bits per heavy atom. The number of hydrogen-bond donors (Lipinski definition) is 2. The zero-order chi connectivity index (χ0) is 17.8. The largest absolute Gasteiger partial charge is 0.493 e. The fourth-order valence-electron chi connectivity index (χ4n) is 3.06. The van der Waals surface area contributed by atoms with Crippen molar-refractivity contribution >= 4 is 24.0 Å². The van der Waals surface area contributed by atoms with Gasteiger partial charge in [-0.05, 0) is 55.6 Å². The lowest BCUT2D eigenvalue weighted by atomic mass is 9.99. The quantitative estimate of drug-likeness (QED) is 0.829. The number of carbonyl (C=O) groups excluding carboxylic acids is 1. The van der Waals surface area contributed by atoms with Crippen LogP contribution in [-0.2, 0) is 17.8 Å². The molecule has 0 saturated carbocycles. The highest BCUT2D eigenvalue weighted by Crippen LogP contribution is 2.24. The second kappa shape index (κ2) is 9.01. The summed E-state index contributed by atoms with van der Waals surface area (Å²) >= 11 is 0. The number of ether oxygens (including phenoxy) is 1. The molecule has 0 unspecified atom stereocenters. The molecule has 0 saturated heterocycles. The van der Waals surface area contributed by atoms with Crippen molar-refractivity contribution in [2.45, 2.75) is 33.2 Å². The Morgan fingerprint density at radius 2 is 2.08 bits per heavy atom. The van der Waals surface area contributed by atoms with Crippen LogP contribution in [0.4, 0.5) is 10.1 Å². The molecule has 2 aromatic rings. The van der Waals surface area contributed by atoms with E-state index in [1.165, 1.54) is 5.56 Å². The molecule has 1 aliphatic heterocycles. The molecule has 1 heterocycles. The smallest absolute Gasteiger partial charge is 0.227 e. The number of rotatable bonds is 5. The van der Waals surface area contributed by atoms with Crippen molar-refractivity contribution in [1.29, 1.82) is 0 Å². The Balaban J connectivity index is 0.00000243. The van der Waals surface area contributed by atoms with Crippen molar-refractivity contribution < 1.29 is 13.9 Å². The van der Waals surface area contributed by atoms with E-state index in [9.17, 15) is 9.18 Å². The summed E-state index contributed by atoms with van der Waals surface area (Å²) in [5, 5.41) is 5.87. The lowest BCUT2D eigenvalue weighted by molar-refractivity contribution is -0.116. The molecular weight excluding hydrogens is 355 g/mol. The van der Waals surface area contributed by atoms with Gasteiger partial charge in [0.05, 0.1) is 18.7 Å². The third-order valence-electron chi connectivity index (χ3n) is 4.40. The van der Waals surface area contributed by atoms with Gasteiger partial charge in [-0.1, -0.05) is 23.8 Å². The highest BCUT2D eigenvalue weighted by atomic mass is 35.5. The molecule has 2 N–H and O–H groups in total. The van der Waals surface area contributed by atoms with Crippen LogP contribution in [0, 0.1) is 19.7 Å². The first-order valence-corrected chi connectivity index (χ1v) is 8.55. The molecule has 1 amide bonds. The standard InChI is InChI=1S/C20H23FN2O2.ClH/c1-13-3-6-18(14(2)11-13)25-10-8-19(24)23-17-5-4-15-12-22-9-7-16(15)20(17)21;/h3-6,11,22H,7-10,12H2,1-2H3,(H,23,24);1H. The van der Waals surface area contributed by atoms with E-state index in [4.69, 9.17) is 4.74 Å². The first-order chi connectivity index (χ1) is 12.0. The number of halogens is 2. The Labute approximate surface area is 159 Å². The average Bonchev–Trinajstić information content (AvgIpc) is 2.59. The molecule has 4 nitrogen and oxygen atoms in total. The van der Waals surface area contributed by atoms with E-state index in [-0.39, 0.29) is 42.8 Å². The van der Waals surface area contributed by atoms with Gasteiger partial charge in [0, 0.05) is 6.54 Å².